The van der Waals surface area contributed by atoms with Crippen molar-refractivity contribution in [1.82, 2.24) is 4.40 Å². The van der Waals surface area contributed by atoms with Gasteiger partial charge in [-0.3, -0.25) is 0 Å². The number of fused-ring (bicyclic) bond motifs is 5. The zero-order valence-corrected chi connectivity index (χ0v) is 9.46. The van der Waals surface area contributed by atoms with Gasteiger partial charge in [-0.1, -0.05) is 30.3 Å². The van der Waals surface area contributed by atoms with E-state index >= 15 is 0 Å². The lowest BCUT2D eigenvalue weighted by Crippen LogP contribution is -2.10. The van der Waals surface area contributed by atoms with Gasteiger partial charge in [0, 0.05) is 10.8 Å². The fourth-order valence-electron chi connectivity index (χ4n) is 2.46. The maximum atomic E-state index is 12.1. The summed E-state index contributed by atoms with van der Waals surface area (Å²) in [6.45, 7) is 0. The number of benzene rings is 2. The van der Waals surface area contributed by atoms with Crippen molar-refractivity contribution in [3.8, 4) is 0 Å². The Morgan fingerprint density at radius 3 is 2.61 bits per heavy atom. The molecule has 0 bridgehead atoms. The molecule has 3 nitrogen and oxygen atoms in total. The minimum atomic E-state index is -0.343. The molecule has 2 heterocycles. The van der Waals surface area contributed by atoms with E-state index in [0.717, 1.165) is 21.8 Å². The van der Waals surface area contributed by atoms with Crippen LogP contribution in [-0.4, -0.2) is 4.40 Å². The van der Waals surface area contributed by atoms with E-state index in [1.807, 2.05) is 54.6 Å². The second-order valence-electron chi connectivity index (χ2n) is 4.29. The van der Waals surface area contributed by atoms with Crippen molar-refractivity contribution >= 4 is 27.4 Å². The SMILES string of the molecule is O=c1oc2ccccc2c2cc3ccccc3n12. The Bertz CT molecular complexity index is 947. The van der Waals surface area contributed by atoms with Crippen molar-refractivity contribution < 1.29 is 4.42 Å². The number of rotatable bonds is 0. The molecule has 86 valence electrons. The molecule has 0 saturated carbocycles. The molecule has 2 aromatic carbocycles. The maximum Gasteiger partial charge on any atom is 0.424 e. The number of aromatic nitrogens is 1. The smallest absolute Gasteiger partial charge is 0.409 e. The minimum Gasteiger partial charge on any atom is -0.409 e. The highest BCUT2D eigenvalue weighted by atomic mass is 16.4. The van der Waals surface area contributed by atoms with E-state index in [1.54, 1.807) is 4.40 Å². The Kier molecular flexibility index (Phi) is 1.70. The molecular formula is C15H9NO2. The van der Waals surface area contributed by atoms with E-state index in [-0.39, 0.29) is 5.76 Å². The van der Waals surface area contributed by atoms with Crippen LogP contribution in [0.4, 0.5) is 0 Å². The zero-order chi connectivity index (χ0) is 12.1. The van der Waals surface area contributed by atoms with Crippen LogP contribution in [0.2, 0.25) is 0 Å². The number of nitrogens with zero attached hydrogens (tertiary/aromatic N) is 1. The van der Waals surface area contributed by atoms with Crippen molar-refractivity contribution in [2.75, 3.05) is 0 Å². The molecule has 0 atom stereocenters. The Morgan fingerprint density at radius 2 is 1.67 bits per heavy atom. The van der Waals surface area contributed by atoms with Crippen molar-refractivity contribution in [2.24, 2.45) is 0 Å². The first-order chi connectivity index (χ1) is 8.84. The van der Waals surface area contributed by atoms with Crippen LogP contribution in [0.1, 0.15) is 0 Å². The standard InChI is InChI=1S/C15H9NO2/c17-15-16-12-7-3-1-5-10(12)9-13(16)11-6-2-4-8-14(11)18-15/h1-9H. The molecule has 0 unspecified atom stereocenters. The van der Waals surface area contributed by atoms with Crippen molar-refractivity contribution in [2.45, 2.75) is 0 Å². The fraction of sp³-hybridized carbons (Fsp3) is 0. The summed E-state index contributed by atoms with van der Waals surface area (Å²) < 4.78 is 6.97. The van der Waals surface area contributed by atoms with Crippen LogP contribution in [0.5, 0.6) is 0 Å². The van der Waals surface area contributed by atoms with Crippen LogP contribution >= 0.6 is 0 Å². The topological polar surface area (TPSA) is 34.6 Å². The van der Waals surface area contributed by atoms with Crippen LogP contribution in [-0.2, 0) is 0 Å². The van der Waals surface area contributed by atoms with Crippen molar-refractivity contribution in [1.29, 1.82) is 0 Å². The summed E-state index contributed by atoms with van der Waals surface area (Å²) in [6.07, 6.45) is 0. The van der Waals surface area contributed by atoms with Gasteiger partial charge >= 0.3 is 5.76 Å². The largest absolute Gasteiger partial charge is 0.424 e. The molecule has 0 aliphatic heterocycles. The number of para-hydroxylation sites is 2. The van der Waals surface area contributed by atoms with Gasteiger partial charge < -0.3 is 4.42 Å². The Labute approximate surface area is 102 Å². The summed E-state index contributed by atoms with van der Waals surface area (Å²) in [5.74, 6) is -0.343. The van der Waals surface area contributed by atoms with Gasteiger partial charge in [0.1, 0.15) is 5.58 Å². The third kappa shape index (κ3) is 1.10. The van der Waals surface area contributed by atoms with Crippen LogP contribution in [0.15, 0.2) is 63.8 Å². The normalized spacial score (nSPS) is 11.6. The van der Waals surface area contributed by atoms with Crippen LogP contribution in [0, 0.1) is 0 Å². The highest BCUT2D eigenvalue weighted by Gasteiger charge is 2.10. The molecule has 0 saturated heterocycles. The van der Waals surface area contributed by atoms with Gasteiger partial charge in [0.15, 0.2) is 0 Å². The average molecular weight is 235 g/mol. The molecule has 0 spiro atoms. The molecule has 0 radical (unpaired) electrons. The lowest BCUT2D eigenvalue weighted by molar-refractivity contribution is 0.526. The van der Waals surface area contributed by atoms with Gasteiger partial charge in [-0.15, -0.1) is 0 Å². The average Bonchev–Trinajstić information content (AvgIpc) is 2.79. The number of hydrogen-bond acceptors (Lipinski definition) is 2. The molecule has 0 N–H and O–H groups in total. The zero-order valence-electron chi connectivity index (χ0n) is 9.46. The molecule has 3 heteroatoms. The van der Waals surface area contributed by atoms with E-state index in [1.165, 1.54) is 0 Å². The second-order valence-corrected chi connectivity index (χ2v) is 4.29. The quantitative estimate of drug-likeness (QED) is 0.469. The highest BCUT2D eigenvalue weighted by Crippen LogP contribution is 2.24. The van der Waals surface area contributed by atoms with E-state index in [0.29, 0.717) is 5.58 Å². The molecule has 0 amide bonds. The maximum absolute atomic E-state index is 12.1. The lowest BCUT2D eigenvalue weighted by atomic mass is 10.2. The molecule has 18 heavy (non-hydrogen) atoms. The summed E-state index contributed by atoms with van der Waals surface area (Å²) >= 11 is 0. The summed E-state index contributed by atoms with van der Waals surface area (Å²) in [4.78, 5) is 12.1. The molecule has 0 aliphatic carbocycles. The summed E-state index contributed by atoms with van der Waals surface area (Å²) in [6, 6.07) is 17.4. The predicted octanol–water partition coefficient (Wildman–Crippen LogP) is 3.20. The van der Waals surface area contributed by atoms with Crippen molar-refractivity contribution in [3.63, 3.8) is 0 Å². The lowest BCUT2D eigenvalue weighted by Gasteiger charge is -1.99. The first-order valence-corrected chi connectivity index (χ1v) is 5.77. The Hall–Kier alpha value is -2.55. The van der Waals surface area contributed by atoms with E-state index < -0.39 is 0 Å². The minimum absolute atomic E-state index is 0.343. The number of hydrogen-bond donors (Lipinski definition) is 0. The predicted molar refractivity (Wildman–Crippen MR) is 70.9 cm³/mol. The van der Waals surface area contributed by atoms with E-state index in [2.05, 4.69) is 0 Å². The molecule has 0 aliphatic rings. The Morgan fingerprint density at radius 1 is 0.889 bits per heavy atom. The summed E-state index contributed by atoms with van der Waals surface area (Å²) in [7, 11) is 0. The first-order valence-electron chi connectivity index (χ1n) is 5.77. The first kappa shape index (κ1) is 9.48. The third-order valence-electron chi connectivity index (χ3n) is 3.25. The van der Waals surface area contributed by atoms with Gasteiger partial charge in [-0.05, 0) is 24.3 Å². The van der Waals surface area contributed by atoms with Gasteiger partial charge in [0.05, 0.1) is 11.0 Å². The highest BCUT2D eigenvalue weighted by molar-refractivity contribution is 5.99. The van der Waals surface area contributed by atoms with Gasteiger partial charge in [-0.25, -0.2) is 9.20 Å². The van der Waals surface area contributed by atoms with Crippen LogP contribution < -0.4 is 5.76 Å². The molecule has 2 aromatic heterocycles. The van der Waals surface area contributed by atoms with Gasteiger partial charge in [-0.2, -0.15) is 0 Å². The fourth-order valence-corrected chi connectivity index (χ4v) is 2.46. The van der Waals surface area contributed by atoms with Crippen molar-refractivity contribution in [3.05, 3.63) is 65.1 Å². The third-order valence-corrected chi connectivity index (χ3v) is 3.25. The monoisotopic (exact) mass is 235 g/mol. The van der Waals surface area contributed by atoms with Gasteiger partial charge in [0.25, 0.3) is 0 Å². The van der Waals surface area contributed by atoms with Gasteiger partial charge in [0.2, 0.25) is 0 Å². The molecule has 4 rings (SSSR count). The van der Waals surface area contributed by atoms with E-state index in [9.17, 15) is 4.79 Å². The Balaban J connectivity index is 2.42. The molecule has 0 fully saturated rings. The van der Waals surface area contributed by atoms with E-state index in [4.69, 9.17) is 4.42 Å². The summed E-state index contributed by atoms with van der Waals surface area (Å²) in [5, 5.41) is 1.99. The second kappa shape index (κ2) is 3.23. The molecular weight excluding hydrogens is 226 g/mol. The summed E-state index contributed by atoms with van der Waals surface area (Å²) in [5.41, 5.74) is 2.40. The molecule has 4 aromatic rings. The van der Waals surface area contributed by atoms with Crippen LogP contribution in [0.25, 0.3) is 27.4 Å². The van der Waals surface area contributed by atoms with Crippen LogP contribution in [0.3, 0.4) is 0 Å².